The molecule has 158 valence electrons. The molecule has 3 N–H and O–H groups in total. The van der Waals surface area contributed by atoms with Crippen LogP contribution >= 0.6 is 0 Å². The number of aromatic nitrogens is 3. The molecule has 1 aliphatic heterocycles. The van der Waals surface area contributed by atoms with Crippen molar-refractivity contribution in [3.8, 4) is 11.5 Å². The summed E-state index contributed by atoms with van der Waals surface area (Å²) in [5.41, 5.74) is 10.4. The Kier molecular flexibility index (Phi) is 4.62. The summed E-state index contributed by atoms with van der Waals surface area (Å²) in [6.45, 7) is 4.61. The normalized spacial score (nSPS) is 13.6. The van der Waals surface area contributed by atoms with E-state index in [1.54, 1.807) is 0 Å². The van der Waals surface area contributed by atoms with E-state index in [1.807, 2.05) is 60.9 Å². The lowest BCUT2D eigenvalue weighted by atomic mass is 10.2. The molecule has 0 unspecified atom stereocenters. The highest BCUT2D eigenvalue weighted by molar-refractivity contribution is 6.10. The van der Waals surface area contributed by atoms with Gasteiger partial charge in [-0.3, -0.25) is 4.79 Å². The van der Waals surface area contributed by atoms with Gasteiger partial charge in [-0.1, -0.05) is 25.1 Å². The summed E-state index contributed by atoms with van der Waals surface area (Å²) in [4.78, 5) is 22.6. The number of hydrogen-bond acceptors (Lipinski definition) is 6. The first-order chi connectivity index (χ1) is 15.0. The number of carbonyl (C=O) groups is 1. The monoisotopic (exact) mass is 417 g/mol. The van der Waals surface area contributed by atoms with Gasteiger partial charge >= 0.3 is 0 Å². The second-order valence-electron chi connectivity index (χ2n) is 7.70. The van der Waals surface area contributed by atoms with Gasteiger partial charge in [0.25, 0.3) is 5.91 Å². The summed E-state index contributed by atoms with van der Waals surface area (Å²) in [6.07, 6.45) is 0.816. The van der Waals surface area contributed by atoms with Gasteiger partial charge in [0, 0.05) is 6.04 Å². The van der Waals surface area contributed by atoms with Crippen molar-refractivity contribution in [1.82, 2.24) is 19.9 Å². The van der Waals surface area contributed by atoms with Crippen LogP contribution in [0.5, 0.6) is 11.5 Å². The second-order valence-corrected chi connectivity index (χ2v) is 7.70. The van der Waals surface area contributed by atoms with Crippen molar-refractivity contribution in [2.24, 2.45) is 0 Å². The number of nitrogens with two attached hydrogens (primary N) is 1. The van der Waals surface area contributed by atoms with Gasteiger partial charge in [0.05, 0.1) is 17.6 Å². The number of carbonyl (C=O) groups excluding carboxylic acids is 1. The molecule has 4 aromatic rings. The van der Waals surface area contributed by atoms with Gasteiger partial charge in [-0.15, -0.1) is 0 Å². The van der Waals surface area contributed by atoms with Crippen LogP contribution in [0.4, 0.5) is 5.82 Å². The van der Waals surface area contributed by atoms with Gasteiger partial charge in [0.1, 0.15) is 16.9 Å². The molecule has 0 saturated heterocycles. The van der Waals surface area contributed by atoms with Crippen LogP contribution in [0.15, 0.2) is 42.5 Å². The van der Waals surface area contributed by atoms with Crippen LogP contribution in [0.3, 0.4) is 0 Å². The standard InChI is InChI=1S/C23H23N5O3/c1-3-13(2)25-23(29)19-20-22(27-16-7-5-4-6-15(16)26-20)28(21(19)24)11-14-8-9-17-18(10-14)31-12-30-17/h4-10,13H,3,11-12,24H2,1-2H3,(H,25,29)/t13-/m0/s1. The van der Waals surface area contributed by atoms with Gasteiger partial charge in [-0.05, 0) is 43.2 Å². The molecule has 0 bridgehead atoms. The smallest absolute Gasteiger partial charge is 0.257 e. The minimum absolute atomic E-state index is 0.0209. The van der Waals surface area contributed by atoms with Crippen molar-refractivity contribution in [1.29, 1.82) is 0 Å². The van der Waals surface area contributed by atoms with E-state index in [2.05, 4.69) is 5.32 Å². The van der Waals surface area contributed by atoms with Gasteiger partial charge in [-0.25, -0.2) is 9.97 Å². The number of rotatable bonds is 5. The van der Waals surface area contributed by atoms with E-state index < -0.39 is 0 Å². The third kappa shape index (κ3) is 3.30. The fourth-order valence-electron chi connectivity index (χ4n) is 3.72. The topological polar surface area (TPSA) is 104 Å². The Hall–Kier alpha value is -3.81. The Labute approximate surface area is 179 Å². The first-order valence-electron chi connectivity index (χ1n) is 10.3. The Balaban J connectivity index is 1.66. The van der Waals surface area contributed by atoms with E-state index in [0.29, 0.717) is 46.1 Å². The average molecular weight is 417 g/mol. The van der Waals surface area contributed by atoms with E-state index in [0.717, 1.165) is 17.5 Å². The molecule has 2 aromatic carbocycles. The number of nitrogens with zero attached hydrogens (tertiary/aromatic N) is 3. The summed E-state index contributed by atoms with van der Waals surface area (Å²) < 4.78 is 12.7. The molecule has 1 amide bonds. The van der Waals surface area contributed by atoms with Crippen LogP contribution in [0, 0.1) is 0 Å². The minimum Gasteiger partial charge on any atom is -0.454 e. The number of para-hydroxylation sites is 2. The molecule has 0 saturated carbocycles. The molecular formula is C23H23N5O3. The lowest BCUT2D eigenvalue weighted by molar-refractivity contribution is 0.0941. The van der Waals surface area contributed by atoms with Crippen molar-refractivity contribution >= 4 is 33.9 Å². The first kappa shape index (κ1) is 19.2. The summed E-state index contributed by atoms with van der Waals surface area (Å²) in [6, 6.07) is 13.3. The zero-order valence-corrected chi connectivity index (χ0v) is 17.4. The molecule has 0 fully saturated rings. The summed E-state index contributed by atoms with van der Waals surface area (Å²) in [5.74, 6) is 1.50. The van der Waals surface area contributed by atoms with E-state index in [9.17, 15) is 4.79 Å². The molecule has 3 heterocycles. The number of anilines is 1. The molecule has 8 heteroatoms. The van der Waals surface area contributed by atoms with Crippen LogP contribution in [0.25, 0.3) is 22.2 Å². The molecule has 1 atom stereocenters. The quantitative estimate of drug-likeness (QED) is 0.515. The van der Waals surface area contributed by atoms with Gasteiger partial charge < -0.3 is 25.1 Å². The zero-order valence-electron chi connectivity index (χ0n) is 17.4. The second kappa shape index (κ2) is 7.46. The molecule has 8 nitrogen and oxygen atoms in total. The number of nitrogens with one attached hydrogen (secondary N) is 1. The van der Waals surface area contributed by atoms with E-state index in [4.69, 9.17) is 25.2 Å². The van der Waals surface area contributed by atoms with Crippen LogP contribution in [0.1, 0.15) is 36.2 Å². The molecule has 2 aromatic heterocycles. The number of fused-ring (bicyclic) bond motifs is 3. The number of ether oxygens (including phenoxy) is 2. The summed E-state index contributed by atoms with van der Waals surface area (Å²) in [5, 5.41) is 3.00. The predicted molar refractivity (Wildman–Crippen MR) is 118 cm³/mol. The number of hydrogen-bond donors (Lipinski definition) is 2. The Bertz CT molecular complexity index is 1310. The summed E-state index contributed by atoms with van der Waals surface area (Å²) in [7, 11) is 0. The maximum Gasteiger partial charge on any atom is 0.257 e. The van der Waals surface area contributed by atoms with Crippen LogP contribution in [-0.2, 0) is 6.54 Å². The lowest BCUT2D eigenvalue weighted by Crippen LogP contribution is -2.32. The summed E-state index contributed by atoms with van der Waals surface area (Å²) >= 11 is 0. The molecule has 5 rings (SSSR count). The van der Waals surface area contributed by atoms with Crippen LogP contribution < -0.4 is 20.5 Å². The van der Waals surface area contributed by atoms with Crippen molar-refractivity contribution in [2.45, 2.75) is 32.9 Å². The highest BCUT2D eigenvalue weighted by atomic mass is 16.7. The fourth-order valence-corrected chi connectivity index (χ4v) is 3.72. The fraction of sp³-hybridized carbons (Fsp3) is 0.261. The van der Waals surface area contributed by atoms with Crippen molar-refractivity contribution in [3.05, 3.63) is 53.6 Å². The average Bonchev–Trinajstić information content (AvgIpc) is 3.34. The van der Waals surface area contributed by atoms with E-state index in [-0.39, 0.29) is 18.7 Å². The first-order valence-corrected chi connectivity index (χ1v) is 10.3. The Morgan fingerprint density at radius 2 is 1.90 bits per heavy atom. The Morgan fingerprint density at radius 3 is 2.68 bits per heavy atom. The van der Waals surface area contributed by atoms with Crippen molar-refractivity contribution in [3.63, 3.8) is 0 Å². The molecule has 0 aliphatic carbocycles. The third-order valence-corrected chi connectivity index (χ3v) is 5.59. The predicted octanol–water partition coefficient (Wildman–Crippen LogP) is 3.47. The zero-order chi connectivity index (χ0) is 21.5. The molecule has 0 radical (unpaired) electrons. The largest absolute Gasteiger partial charge is 0.454 e. The maximum atomic E-state index is 13.1. The molecule has 31 heavy (non-hydrogen) atoms. The van der Waals surface area contributed by atoms with Gasteiger partial charge in [-0.2, -0.15) is 0 Å². The van der Waals surface area contributed by atoms with Gasteiger partial charge in [0.15, 0.2) is 17.1 Å². The third-order valence-electron chi connectivity index (χ3n) is 5.59. The van der Waals surface area contributed by atoms with E-state index in [1.165, 1.54) is 0 Å². The minimum atomic E-state index is -0.245. The highest BCUT2D eigenvalue weighted by Crippen LogP contribution is 2.34. The SMILES string of the molecule is CC[C@H](C)NC(=O)c1c(N)n(Cc2ccc3c(c2)OCO3)c2nc3ccccc3nc12. The lowest BCUT2D eigenvalue weighted by Gasteiger charge is -2.12. The number of nitrogen functional groups attached to an aromatic ring is 1. The highest BCUT2D eigenvalue weighted by Gasteiger charge is 2.25. The number of amides is 1. The van der Waals surface area contributed by atoms with Crippen LogP contribution in [-0.4, -0.2) is 33.3 Å². The molecule has 1 aliphatic rings. The van der Waals surface area contributed by atoms with Crippen molar-refractivity contribution < 1.29 is 14.3 Å². The number of benzene rings is 2. The van der Waals surface area contributed by atoms with Gasteiger partial charge in [0.2, 0.25) is 6.79 Å². The van der Waals surface area contributed by atoms with Crippen LogP contribution in [0.2, 0.25) is 0 Å². The Morgan fingerprint density at radius 1 is 1.16 bits per heavy atom. The van der Waals surface area contributed by atoms with E-state index >= 15 is 0 Å². The van der Waals surface area contributed by atoms with Crippen molar-refractivity contribution in [2.75, 3.05) is 12.5 Å². The molecular weight excluding hydrogens is 394 g/mol. The maximum absolute atomic E-state index is 13.1. The molecule has 0 spiro atoms.